The number of carbonyl (C=O) groups excluding carboxylic acids is 3. The highest BCUT2D eigenvalue weighted by atomic mass is 35.5. The first-order valence-electron chi connectivity index (χ1n) is 11.0. The predicted octanol–water partition coefficient (Wildman–Crippen LogP) is 2.60. The Morgan fingerprint density at radius 3 is 2.76 bits per heavy atom. The van der Waals surface area contributed by atoms with Gasteiger partial charge in [-0.25, -0.2) is 4.98 Å². The molecule has 0 bridgehead atoms. The van der Waals surface area contributed by atoms with Gasteiger partial charge in [0.1, 0.15) is 6.04 Å². The van der Waals surface area contributed by atoms with Gasteiger partial charge in [-0.1, -0.05) is 25.1 Å². The topological polar surface area (TPSA) is 109 Å². The van der Waals surface area contributed by atoms with E-state index in [-0.39, 0.29) is 49.1 Å². The van der Waals surface area contributed by atoms with Gasteiger partial charge in [-0.2, -0.15) is 0 Å². The summed E-state index contributed by atoms with van der Waals surface area (Å²) in [5, 5.41) is 9.99. The van der Waals surface area contributed by atoms with Crippen molar-refractivity contribution in [1.82, 2.24) is 20.9 Å². The highest BCUT2D eigenvalue weighted by Crippen LogP contribution is 2.26. The Hall–Kier alpha value is -2.49. The minimum atomic E-state index is -0.786. The van der Waals surface area contributed by atoms with Crippen LogP contribution >= 0.6 is 22.9 Å². The van der Waals surface area contributed by atoms with Crippen molar-refractivity contribution in [2.45, 2.75) is 44.7 Å². The third kappa shape index (κ3) is 7.25. The van der Waals surface area contributed by atoms with Crippen molar-refractivity contribution in [2.24, 2.45) is 5.92 Å². The number of fused-ring (bicyclic) bond motifs is 1. The van der Waals surface area contributed by atoms with Gasteiger partial charge in [-0.15, -0.1) is 11.3 Å². The van der Waals surface area contributed by atoms with E-state index in [1.165, 1.54) is 17.4 Å². The monoisotopic (exact) mass is 492 g/mol. The van der Waals surface area contributed by atoms with Gasteiger partial charge in [-0.3, -0.25) is 14.4 Å². The molecule has 1 unspecified atom stereocenters. The van der Waals surface area contributed by atoms with Crippen LogP contribution in [0.5, 0.6) is 0 Å². The minimum Gasteiger partial charge on any atom is -0.381 e. The van der Waals surface area contributed by atoms with E-state index in [1.807, 2.05) is 12.1 Å². The lowest BCUT2D eigenvalue weighted by molar-refractivity contribution is -0.129. The zero-order valence-corrected chi connectivity index (χ0v) is 20.1. The maximum Gasteiger partial charge on any atom is 0.243 e. The van der Waals surface area contributed by atoms with E-state index in [4.69, 9.17) is 16.3 Å². The zero-order valence-electron chi connectivity index (χ0n) is 18.6. The van der Waals surface area contributed by atoms with Crippen molar-refractivity contribution in [3.63, 3.8) is 0 Å². The lowest BCUT2D eigenvalue weighted by Gasteiger charge is -2.32. The van der Waals surface area contributed by atoms with Gasteiger partial charge in [0.15, 0.2) is 0 Å². The number of hydrogen-bond acceptors (Lipinski definition) is 6. The Morgan fingerprint density at radius 2 is 2.06 bits per heavy atom. The zero-order chi connectivity index (χ0) is 23.8. The molecular formula is C23H29ClN4O4S. The summed E-state index contributed by atoms with van der Waals surface area (Å²) in [6.45, 7) is 6.70. The summed E-state index contributed by atoms with van der Waals surface area (Å²) < 4.78 is 6.36. The second kappa shape index (κ2) is 12.1. The number of carbonyl (C=O) groups is 3. The molecule has 3 N–H and O–H groups in total. The van der Waals surface area contributed by atoms with Gasteiger partial charge in [-0.05, 0) is 43.0 Å². The second-order valence-electron chi connectivity index (χ2n) is 7.91. The molecule has 1 aromatic heterocycles. The molecule has 2 atom stereocenters. The first kappa shape index (κ1) is 25.1. The van der Waals surface area contributed by atoms with Gasteiger partial charge in [0.05, 0.1) is 15.2 Å². The SMILES string of the molecule is C=CC(=O)NCC(NC(=O)[C@H](Cc1nc2ccc(Cl)cc2s1)NC(=O)CC)C1CCOCC1. The summed E-state index contributed by atoms with van der Waals surface area (Å²) >= 11 is 7.52. The Kier molecular flexibility index (Phi) is 9.22. The molecule has 2 aromatic rings. The fourth-order valence-electron chi connectivity index (χ4n) is 3.73. The number of nitrogens with zero attached hydrogens (tertiary/aromatic N) is 1. The first-order chi connectivity index (χ1) is 15.9. The Labute approximate surface area is 202 Å². The third-order valence-electron chi connectivity index (χ3n) is 5.59. The third-order valence-corrected chi connectivity index (χ3v) is 6.87. The van der Waals surface area contributed by atoms with E-state index >= 15 is 0 Å². The van der Waals surface area contributed by atoms with E-state index in [1.54, 1.807) is 13.0 Å². The van der Waals surface area contributed by atoms with Crippen LogP contribution in [0.4, 0.5) is 0 Å². The molecule has 1 aromatic carbocycles. The predicted molar refractivity (Wildman–Crippen MR) is 129 cm³/mol. The number of nitrogens with one attached hydrogen (secondary N) is 3. The van der Waals surface area contributed by atoms with Crippen LogP contribution in [0.15, 0.2) is 30.9 Å². The number of benzene rings is 1. The molecule has 1 saturated heterocycles. The maximum absolute atomic E-state index is 13.3. The molecule has 3 amide bonds. The van der Waals surface area contributed by atoms with Crippen molar-refractivity contribution in [2.75, 3.05) is 19.8 Å². The molecule has 33 heavy (non-hydrogen) atoms. The van der Waals surface area contributed by atoms with Crippen LogP contribution in [0.2, 0.25) is 5.02 Å². The van der Waals surface area contributed by atoms with Crippen molar-refractivity contribution in [3.8, 4) is 0 Å². The Morgan fingerprint density at radius 1 is 1.30 bits per heavy atom. The molecule has 3 rings (SSSR count). The van der Waals surface area contributed by atoms with Crippen molar-refractivity contribution >= 4 is 50.9 Å². The van der Waals surface area contributed by atoms with Gasteiger partial charge in [0.2, 0.25) is 17.7 Å². The maximum atomic E-state index is 13.3. The molecule has 10 heteroatoms. The van der Waals surface area contributed by atoms with Crippen LogP contribution in [0.25, 0.3) is 10.2 Å². The molecule has 1 fully saturated rings. The Balaban J connectivity index is 1.76. The summed E-state index contributed by atoms with van der Waals surface area (Å²) in [4.78, 5) is 41.8. The molecule has 0 spiro atoms. The lowest BCUT2D eigenvalue weighted by Crippen LogP contribution is -2.55. The molecule has 1 aliphatic heterocycles. The largest absolute Gasteiger partial charge is 0.381 e. The fraction of sp³-hybridized carbons (Fsp3) is 0.478. The van der Waals surface area contributed by atoms with Crippen molar-refractivity contribution in [1.29, 1.82) is 0 Å². The molecule has 2 heterocycles. The van der Waals surface area contributed by atoms with Crippen LogP contribution in [0.3, 0.4) is 0 Å². The van der Waals surface area contributed by atoms with Gasteiger partial charge in [0.25, 0.3) is 0 Å². The average Bonchev–Trinajstić information content (AvgIpc) is 3.22. The molecule has 0 radical (unpaired) electrons. The summed E-state index contributed by atoms with van der Waals surface area (Å²) in [5.41, 5.74) is 0.799. The number of hydrogen-bond donors (Lipinski definition) is 3. The number of aromatic nitrogens is 1. The number of halogens is 1. The van der Waals surface area contributed by atoms with Crippen molar-refractivity contribution in [3.05, 3.63) is 40.9 Å². The average molecular weight is 493 g/mol. The molecule has 0 aliphatic carbocycles. The highest BCUT2D eigenvalue weighted by molar-refractivity contribution is 7.18. The summed E-state index contributed by atoms with van der Waals surface area (Å²) in [6.07, 6.45) is 3.28. The normalized spacial score (nSPS) is 16.1. The first-order valence-corrected chi connectivity index (χ1v) is 12.2. The highest BCUT2D eigenvalue weighted by Gasteiger charge is 2.30. The molecule has 8 nitrogen and oxygen atoms in total. The summed E-state index contributed by atoms with van der Waals surface area (Å²) in [7, 11) is 0. The van der Waals surface area contributed by atoms with Gasteiger partial charge in [0, 0.05) is 43.7 Å². The summed E-state index contributed by atoms with van der Waals surface area (Å²) in [6, 6.07) is 4.36. The van der Waals surface area contributed by atoms with Crippen LogP contribution in [0, 0.1) is 5.92 Å². The van der Waals surface area contributed by atoms with Gasteiger partial charge >= 0.3 is 0 Å². The number of thiazole rings is 1. The van der Waals surface area contributed by atoms with Gasteiger partial charge < -0.3 is 20.7 Å². The quantitative estimate of drug-likeness (QED) is 0.442. The van der Waals surface area contributed by atoms with Crippen LogP contribution in [-0.4, -0.2) is 54.5 Å². The smallest absolute Gasteiger partial charge is 0.243 e. The Bertz CT molecular complexity index is 1010. The fourth-order valence-corrected chi connectivity index (χ4v) is 5.02. The number of ether oxygens (including phenoxy) is 1. The standard InChI is InChI=1S/C23H29ClN4O4S/c1-3-20(29)25-13-18(14-7-9-32-10-8-14)28-23(31)17(26-21(30)4-2)12-22-27-16-6-5-15(24)11-19(16)33-22/h3,5-6,11,14,17-18H,1,4,7-10,12-13H2,2H3,(H,25,29)(H,26,30)(H,28,31)/t17-,18?/m0/s1. The minimum absolute atomic E-state index is 0.153. The lowest BCUT2D eigenvalue weighted by atomic mass is 9.91. The van der Waals surface area contributed by atoms with E-state index in [9.17, 15) is 14.4 Å². The second-order valence-corrected chi connectivity index (χ2v) is 9.46. The van der Waals surface area contributed by atoms with Crippen LogP contribution < -0.4 is 16.0 Å². The number of rotatable bonds is 10. The van der Waals surface area contributed by atoms with E-state index < -0.39 is 6.04 Å². The molecule has 0 saturated carbocycles. The number of amides is 3. The molecule has 1 aliphatic rings. The molecular weight excluding hydrogens is 464 g/mol. The van der Waals surface area contributed by atoms with E-state index in [0.717, 1.165) is 28.1 Å². The summed E-state index contributed by atoms with van der Waals surface area (Å²) in [5.74, 6) is -0.675. The van der Waals surface area contributed by atoms with Crippen LogP contribution in [-0.2, 0) is 25.5 Å². The van der Waals surface area contributed by atoms with Crippen molar-refractivity contribution < 1.29 is 19.1 Å². The van der Waals surface area contributed by atoms with E-state index in [0.29, 0.717) is 18.2 Å². The van der Waals surface area contributed by atoms with E-state index in [2.05, 4.69) is 27.5 Å². The molecule has 178 valence electrons. The van der Waals surface area contributed by atoms with Crippen LogP contribution in [0.1, 0.15) is 31.2 Å².